The van der Waals surface area contributed by atoms with E-state index in [1.54, 1.807) is 0 Å². The number of nitrogens with one attached hydrogen (secondary N) is 1. The summed E-state index contributed by atoms with van der Waals surface area (Å²) in [4.78, 5) is 14.7. The number of nitrogens with zero attached hydrogens (tertiary/aromatic N) is 1. The van der Waals surface area contributed by atoms with E-state index in [4.69, 9.17) is 4.74 Å². The third-order valence-corrected chi connectivity index (χ3v) is 5.38. The van der Waals surface area contributed by atoms with E-state index in [9.17, 15) is 4.79 Å². The van der Waals surface area contributed by atoms with Crippen LogP contribution < -0.4 is 10.1 Å². The lowest BCUT2D eigenvalue weighted by Gasteiger charge is -2.34. The first-order chi connectivity index (χ1) is 11.6. The van der Waals surface area contributed by atoms with Crippen molar-refractivity contribution in [2.45, 2.75) is 58.1 Å². The highest BCUT2D eigenvalue weighted by molar-refractivity contribution is 5.76. The number of benzene rings is 1. The number of ether oxygens (including phenoxy) is 1. The van der Waals surface area contributed by atoms with E-state index in [-0.39, 0.29) is 12.0 Å². The molecule has 24 heavy (non-hydrogen) atoms. The second-order valence-corrected chi connectivity index (χ2v) is 7.47. The van der Waals surface area contributed by atoms with Gasteiger partial charge in [0, 0.05) is 12.5 Å². The molecule has 0 unspecified atom stereocenters. The normalized spacial score (nSPS) is 22.0. The maximum atomic E-state index is 12.2. The standard InChI is InChI=1S/C20H30N2O2/c1-15(2)22-11-9-16(10-12-22)13-20(23)21-14-18-8-7-17-5-3-4-6-19(17)24-18/h3-6,15-16,18H,7-14H2,1-2H3,(H,21,23)/t18-/m1/s1. The molecule has 2 aliphatic rings. The fraction of sp³-hybridized carbons (Fsp3) is 0.650. The highest BCUT2D eigenvalue weighted by atomic mass is 16.5. The van der Waals surface area contributed by atoms with Crippen LogP contribution in [0.15, 0.2) is 24.3 Å². The molecular weight excluding hydrogens is 300 g/mol. The predicted molar refractivity (Wildman–Crippen MR) is 96.2 cm³/mol. The van der Waals surface area contributed by atoms with Crippen molar-refractivity contribution >= 4 is 5.91 Å². The number of likely N-dealkylation sites (tertiary alicyclic amines) is 1. The summed E-state index contributed by atoms with van der Waals surface area (Å²) < 4.78 is 5.99. The van der Waals surface area contributed by atoms with Gasteiger partial charge in [0.05, 0.1) is 6.54 Å². The molecule has 0 aromatic heterocycles. The molecule has 0 radical (unpaired) electrons. The number of hydrogen-bond acceptors (Lipinski definition) is 3. The van der Waals surface area contributed by atoms with Gasteiger partial charge < -0.3 is 15.0 Å². The number of hydrogen-bond donors (Lipinski definition) is 1. The maximum Gasteiger partial charge on any atom is 0.220 e. The van der Waals surface area contributed by atoms with E-state index in [1.807, 2.05) is 12.1 Å². The van der Waals surface area contributed by atoms with E-state index in [0.717, 1.165) is 44.5 Å². The van der Waals surface area contributed by atoms with Crippen LogP contribution in [0.25, 0.3) is 0 Å². The highest BCUT2D eigenvalue weighted by Gasteiger charge is 2.24. The predicted octanol–water partition coefficient (Wildman–Crippen LogP) is 3.01. The Bertz CT molecular complexity index is 550. The molecule has 2 heterocycles. The second kappa shape index (κ2) is 8.02. The summed E-state index contributed by atoms with van der Waals surface area (Å²) >= 11 is 0. The van der Waals surface area contributed by atoms with E-state index in [2.05, 4.69) is 36.2 Å². The minimum Gasteiger partial charge on any atom is -0.488 e. The minimum atomic E-state index is 0.103. The summed E-state index contributed by atoms with van der Waals surface area (Å²) in [6, 6.07) is 8.81. The Morgan fingerprint density at radius 1 is 1.25 bits per heavy atom. The fourth-order valence-corrected chi connectivity index (χ4v) is 3.76. The zero-order chi connectivity index (χ0) is 16.9. The second-order valence-electron chi connectivity index (χ2n) is 7.47. The number of fused-ring (bicyclic) bond motifs is 1. The zero-order valence-electron chi connectivity index (χ0n) is 15.0. The van der Waals surface area contributed by atoms with E-state index < -0.39 is 0 Å². The summed E-state index contributed by atoms with van der Waals surface area (Å²) in [7, 11) is 0. The number of carbonyl (C=O) groups is 1. The van der Waals surface area contributed by atoms with Crippen LogP contribution in [0.3, 0.4) is 0 Å². The molecule has 4 nitrogen and oxygen atoms in total. The number of para-hydroxylation sites is 1. The van der Waals surface area contributed by atoms with Crippen LogP contribution in [-0.2, 0) is 11.2 Å². The van der Waals surface area contributed by atoms with Gasteiger partial charge in [-0.3, -0.25) is 4.79 Å². The molecule has 1 N–H and O–H groups in total. The van der Waals surface area contributed by atoms with Crippen molar-refractivity contribution in [3.8, 4) is 5.75 Å². The van der Waals surface area contributed by atoms with Crippen LogP contribution in [0.2, 0.25) is 0 Å². The Morgan fingerprint density at radius 2 is 2.00 bits per heavy atom. The molecule has 1 fully saturated rings. The molecule has 4 heteroatoms. The topological polar surface area (TPSA) is 41.6 Å². The van der Waals surface area contributed by atoms with Gasteiger partial charge >= 0.3 is 0 Å². The molecule has 0 saturated carbocycles. The van der Waals surface area contributed by atoms with Gasteiger partial charge in [-0.2, -0.15) is 0 Å². The van der Waals surface area contributed by atoms with Crippen LogP contribution >= 0.6 is 0 Å². The largest absolute Gasteiger partial charge is 0.488 e. The molecule has 0 aliphatic carbocycles. The molecule has 1 aromatic carbocycles. The van der Waals surface area contributed by atoms with Gasteiger partial charge in [-0.25, -0.2) is 0 Å². The van der Waals surface area contributed by atoms with Crippen molar-refractivity contribution in [3.05, 3.63) is 29.8 Å². The van der Waals surface area contributed by atoms with Gasteiger partial charge in [-0.1, -0.05) is 18.2 Å². The lowest BCUT2D eigenvalue weighted by molar-refractivity contribution is -0.122. The molecule has 1 aromatic rings. The van der Waals surface area contributed by atoms with E-state index in [0.29, 0.717) is 24.9 Å². The summed E-state index contributed by atoms with van der Waals surface area (Å²) in [5.41, 5.74) is 1.27. The Morgan fingerprint density at radius 3 is 2.75 bits per heavy atom. The lowest BCUT2D eigenvalue weighted by atomic mass is 9.92. The number of aryl methyl sites for hydroxylation is 1. The molecule has 0 spiro atoms. The quantitative estimate of drug-likeness (QED) is 0.902. The first-order valence-electron chi connectivity index (χ1n) is 9.37. The SMILES string of the molecule is CC(C)N1CCC(CC(=O)NC[C@H]2CCc3ccccc3O2)CC1. The molecule has 0 bridgehead atoms. The van der Waals surface area contributed by atoms with Crippen LogP contribution in [0, 0.1) is 5.92 Å². The minimum absolute atomic E-state index is 0.103. The molecule has 1 amide bonds. The average molecular weight is 330 g/mol. The number of piperidine rings is 1. The maximum absolute atomic E-state index is 12.2. The van der Waals surface area contributed by atoms with Gasteiger partial charge in [-0.05, 0) is 70.2 Å². The molecule has 3 rings (SSSR count). The molecule has 1 atom stereocenters. The van der Waals surface area contributed by atoms with Gasteiger partial charge in [0.25, 0.3) is 0 Å². The van der Waals surface area contributed by atoms with Crippen molar-refractivity contribution in [2.75, 3.05) is 19.6 Å². The fourth-order valence-electron chi connectivity index (χ4n) is 3.76. The van der Waals surface area contributed by atoms with Crippen LogP contribution in [-0.4, -0.2) is 42.6 Å². The third-order valence-electron chi connectivity index (χ3n) is 5.38. The molecule has 132 valence electrons. The number of rotatable bonds is 5. The third kappa shape index (κ3) is 4.50. The molecular formula is C20H30N2O2. The van der Waals surface area contributed by atoms with Gasteiger partial charge in [0.2, 0.25) is 5.91 Å². The smallest absolute Gasteiger partial charge is 0.220 e. The van der Waals surface area contributed by atoms with Crippen LogP contribution in [0.1, 0.15) is 45.1 Å². The zero-order valence-corrected chi connectivity index (χ0v) is 15.0. The van der Waals surface area contributed by atoms with E-state index in [1.165, 1.54) is 5.56 Å². The van der Waals surface area contributed by atoms with Crippen molar-refractivity contribution in [3.63, 3.8) is 0 Å². The molecule has 2 aliphatic heterocycles. The van der Waals surface area contributed by atoms with Crippen molar-refractivity contribution in [2.24, 2.45) is 5.92 Å². The lowest BCUT2D eigenvalue weighted by Crippen LogP contribution is -2.41. The van der Waals surface area contributed by atoms with Gasteiger partial charge in [-0.15, -0.1) is 0 Å². The van der Waals surface area contributed by atoms with Crippen LogP contribution in [0.4, 0.5) is 0 Å². The summed E-state index contributed by atoms with van der Waals surface area (Å²) in [5.74, 6) is 1.69. The van der Waals surface area contributed by atoms with Crippen molar-refractivity contribution < 1.29 is 9.53 Å². The monoisotopic (exact) mass is 330 g/mol. The van der Waals surface area contributed by atoms with Crippen molar-refractivity contribution in [1.82, 2.24) is 10.2 Å². The van der Waals surface area contributed by atoms with Gasteiger partial charge in [0.15, 0.2) is 0 Å². The van der Waals surface area contributed by atoms with Gasteiger partial charge in [0.1, 0.15) is 11.9 Å². The van der Waals surface area contributed by atoms with Crippen LogP contribution in [0.5, 0.6) is 5.75 Å². The first-order valence-corrected chi connectivity index (χ1v) is 9.37. The number of amides is 1. The highest BCUT2D eigenvalue weighted by Crippen LogP contribution is 2.27. The Labute approximate surface area is 145 Å². The average Bonchev–Trinajstić information content (AvgIpc) is 2.60. The Balaban J connectivity index is 1.38. The summed E-state index contributed by atoms with van der Waals surface area (Å²) in [6.07, 6.45) is 5.05. The Hall–Kier alpha value is -1.55. The molecule has 1 saturated heterocycles. The van der Waals surface area contributed by atoms with E-state index >= 15 is 0 Å². The summed E-state index contributed by atoms with van der Waals surface area (Å²) in [5, 5.41) is 3.09. The van der Waals surface area contributed by atoms with Crippen molar-refractivity contribution in [1.29, 1.82) is 0 Å². The first kappa shape index (κ1) is 17.3. The number of carbonyl (C=O) groups excluding carboxylic acids is 1. The Kier molecular flexibility index (Phi) is 5.77. The summed E-state index contributed by atoms with van der Waals surface area (Å²) in [6.45, 7) is 7.36.